The van der Waals surface area contributed by atoms with Crippen molar-refractivity contribution in [2.45, 2.75) is 68.7 Å². The van der Waals surface area contributed by atoms with Gasteiger partial charge in [-0.05, 0) is 81.3 Å². The first-order valence-electron chi connectivity index (χ1n) is 11.6. The molecule has 5 aliphatic rings. The number of phenolic OH excluding ortho intramolecular Hbond substituents is 1. The Hall–Kier alpha value is -1.67. The molecule has 4 bridgehead atoms. The summed E-state index contributed by atoms with van der Waals surface area (Å²) in [5.41, 5.74) is -0.254. The Bertz CT molecular complexity index is 945. The number of sulfonamides is 1. The summed E-state index contributed by atoms with van der Waals surface area (Å²) >= 11 is 0. The molecule has 0 spiro atoms. The third-order valence-electron chi connectivity index (χ3n) is 8.12. The number of nitrogens with one attached hydrogen (secondary N) is 1. The Morgan fingerprint density at radius 3 is 2.39 bits per heavy atom. The van der Waals surface area contributed by atoms with Crippen molar-refractivity contribution in [3.05, 3.63) is 24.0 Å². The SMILES string of the molecule is O=C(NCC1CCCCN1S(=O)(=O)c1ccc(F)c(O)c1)C12CC3CC(CC(C3)C1)C2. The summed E-state index contributed by atoms with van der Waals surface area (Å²) in [6, 6.07) is 2.79. The first kappa shape index (κ1) is 21.2. The molecule has 170 valence electrons. The summed E-state index contributed by atoms with van der Waals surface area (Å²) in [6.07, 6.45) is 9.06. The number of nitrogens with zero attached hydrogens (tertiary/aromatic N) is 1. The molecule has 1 atom stereocenters. The Labute approximate surface area is 183 Å². The molecule has 1 saturated heterocycles. The lowest BCUT2D eigenvalue weighted by atomic mass is 9.49. The molecule has 0 radical (unpaired) electrons. The lowest BCUT2D eigenvalue weighted by Gasteiger charge is -2.55. The van der Waals surface area contributed by atoms with E-state index in [1.807, 2.05) is 0 Å². The quantitative estimate of drug-likeness (QED) is 0.720. The van der Waals surface area contributed by atoms with Crippen molar-refractivity contribution in [1.82, 2.24) is 9.62 Å². The van der Waals surface area contributed by atoms with Gasteiger partial charge < -0.3 is 10.4 Å². The van der Waals surface area contributed by atoms with Crippen LogP contribution in [-0.2, 0) is 14.8 Å². The van der Waals surface area contributed by atoms with Crippen molar-refractivity contribution in [2.75, 3.05) is 13.1 Å². The zero-order chi connectivity index (χ0) is 21.8. The van der Waals surface area contributed by atoms with Crippen molar-refractivity contribution in [2.24, 2.45) is 23.2 Å². The van der Waals surface area contributed by atoms with E-state index < -0.39 is 21.6 Å². The number of rotatable bonds is 5. The Morgan fingerprint density at radius 2 is 1.77 bits per heavy atom. The normalized spacial score (nSPS) is 35.3. The van der Waals surface area contributed by atoms with Crippen LogP contribution in [0.4, 0.5) is 4.39 Å². The Balaban J connectivity index is 1.30. The van der Waals surface area contributed by atoms with Crippen molar-refractivity contribution in [3.8, 4) is 5.75 Å². The zero-order valence-corrected chi connectivity index (χ0v) is 18.5. The molecule has 31 heavy (non-hydrogen) atoms. The molecule has 4 saturated carbocycles. The van der Waals surface area contributed by atoms with Crippen LogP contribution < -0.4 is 5.32 Å². The fourth-order valence-electron chi connectivity index (χ4n) is 7.07. The van der Waals surface area contributed by atoms with Gasteiger partial charge in [-0.3, -0.25) is 4.79 Å². The maximum Gasteiger partial charge on any atom is 0.243 e. The summed E-state index contributed by atoms with van der Waals surface area (Å²) in [6.45, 7) is 0.658. The Morgan fingerprint density at radius 1 is 1.13 bits per heavy atom. The first-order valence-corrected chi connectivity index (χ1v) is 13.0. The highest BCUT2D eigenvalue weighted by Gasteiger charge is 2.54. The van der Waals surface area contributed by atoms with Crippen molar-refractivity contribution in [3.63, 3.8) is 0 Å². The molecule has 6 nitrogen and oxygen atoms in total. The van der Waals surface area contributed by atoms with Gasteiger partial charge in [0.25, 0.3) is 0 Å². The largest absolute Gasteiger partial charge is 0.505 e. The fraction of sp³-hybridized carbons (Fsp3) is 0.696. The smallest absolute Gasteiger partial charge is 0.243 e. The fourth-order valence-corrected chi connectivity index (χ4v) is 8.78. The summed E-state index contributed by atoms with van der Waals surface area (Å²) in [4.78, 5) is 13.2. The minimum absolute atomic E-state index is 0.106. The van der Waals surface area contributed by atoms with E-state index in [4.69, 9.17) is 0 Å². The maximum atomic E-state index is 13.4. The number of phenols is 1. The first-order chi connectivity index (χ1) is 14.8. The molecular weight excluding hydrogens is 419 g/mol. The monoisotopic (exact) mass is 450 g/mol. The molecule has 1 aliphatic heterocycles. The predicted octanol–water partition coefficient (Wildman–Crippen LogP) is 3.41. The van der Waals surface area contributed by atoms with Crippen LogP contribution in [0.1, 0.15) is 57.8 Å². The van der Waals surface area contributed by atoms with Gasteiger partial charge in [0.15, 0.2) is 11.6 Å². The molecule has 8 heteroatoms. The molecule has 1 aromatic rings. The van der Waals surface area contributed by atoms with Crippen LogP contribution in [0.5, 0.6) is 5.75 Å². The van der Waals surface area contributed by atoms with E-state index in [2.05, 4.69) is 5.32 Å². The van der Waals surface area contributed by atoms with Crippen LogP contribution in [0, 0.1) is 29.0 Å². The second kappa shape index (κ2) is 7.73. The minimum atomic E-state index is -3.89. The minimum Gasteiger partial charge on any atom is -0.505 e. The van der Waals surface area contributed by atoms with E-state index in [1.54, 1.807) is 0 Å². The summed E-state index contributed by atoms with van der Waals surface area (Å²) < 4.78 is 41.3. The van der Waals surface area contributed by atoms with Gasteiger partial charge in [0.2, 0.25) is 15.9 Å². The van der Waals surface area contributed by atoms with Gasteiger partial charge in [-0.15, -0.1) is 0 Å². The van der Waals surface area contributed by atoms with Crippen LogP contribution in [0.3, 0.4) is 0 Å². The lowest BCUT2D eigenvalue weighted by Crippen LogP contribution is -2.56. The van der Waals surface area contributed by atoms with Crippen LogP contribution >= 0.6 is 0 Å². The number of hydrogen-bond donors (Lipinski definition) is 2. The van der Waals surface area contributed by atoms with Gasteiger partial charge in [-0.1, -0.05) is 6.42 Å². The van der Waals surface area contributed by atoms with Crippen molar-refractivity contribution >= 4 is 15.9 Å². The number of carbonyl (C=O) groups is 1. The van der Waals surface area contributed by atoms with Gasteiger partial charge >= 0.3 is 0 Å². The summed E-state index contributed by atoms with van der Waals surface area (Å²) in [5.74, 6) is 0.606. The van der Waals surface area contributed by atoms with Crippen LogP contribution in [0.25, 0.3) is 0 Å². The van der Waals surface area contributed by atoms with Crippen molar-refractivity contribution in [1.29, 1.82) is 0 Å². The molecule has 5 fully saturated rings. The molecule has 1 amide bonds. The Kier molecular flexibility index (Phi) is 5.28. The average Bonchev–Trinajstić information content (AvgIpc) is 2.73. The van der Waals surface area contributed by atoms with E-state index >= 15 is 0 Å². The number of aromatic hydroxyl groups is 1. The number of carbonyl (C=O) groups excluding carboxylic acids is 1. The molecular formula is C23H31FN2O4S. The third kappa shape index (κ3) is 3.75. The van der Waals surface area contributed by atoms with Gasteiger partial charge in [0.1, 0.15) is 0 Å². The average molecular weight is 451 g/mol. The van der Waals surface area contributed by atoms with E-state index in [0.717, 1.165) is 44.2 Å². The standard InChI is InChI=1S/C23H31FN2O4S/c24-20-5-4-19(10-21(20)27)31(29,30)26-6-2-1-3-18(26)14-25-22(28)23-11-15-7-16(12-23)9-17(8-15)13-23/h4-5,10,15-18,27H,1-3,6-9,11-14H2,(H,25,28). The number of halogens is 1. The lowest BCUT2D eigenvalue weighted by molar-refractivity contribution is -0.146. The molecule has 1 heterocycles. The van der Waals surface area contributed by atoms with Gasteiger partial charge in [-0.2, -0.15) is 4.31 Å². The van der Waals surface area contributed by atoms with Crippen LogP contribution in [0.2, 0.25) is 0 Å². The second-order valence-corrected chi connectivity index (χ2v) is 12.2. The number of hydrogen-bond acceptors (Lipinski definition) is 4. The molecule has 1 aromatic carbocycles. The van der Waals surface area contributed by atoms with E-state index in [-0.39, 0.29) is 22.3 Å². The second-order valence-electron chi connectivity index (χ2n) is 10.3. The topological polar surface area (TPSA) is 86.7 Å². The third-order valence-corrected chi connectivity index (χ3v) is 10.1. The number of piperidine rings is 1. The van der Waals surface area contributed by atoms with Crippen LogP contribution in [0.15, 0.2) is 23.1 Å². The highest BCUT2D eigenvalue weighted by molar-refractivity contribution is 7.89. The number of benzene rings is 1. The van der Waals surface area contributed by atoms with Gasteiger partial charge in [0.05, 0.1) is 4.90 Å². The highest BCUT2D eigenvalue weighted by Crippen LogP contribution is 2.60. The van der Waals surface area contributed by atoms with E-state index in [9.17, 15) is 22.7 Å². The predicted molar refractivity (Wildman–Crippen MR) is 113 cm³/mol. The molecule has 0 aromatic heterocycles. The molecule has 4 aliphatic carbocycles. The number of amides is 1. The molecule has 2 N–H and O–H groups in total. The molecule has 6 rings (SSSR count). The van der Waals surface area contributed by atoms with E-state index in [1.165, 1.54) is 29.6 Å². The summed E-state index contributed by atoms with van der Waals surface area (Å²) in [5, 5.41) is 12.8. The highest BCUT2D eigenvalue weighted by atomic mass is 32.2. The van der Waals surface area contributed by atoms with Gasteiger partial charge in [-0.25, -0.2) is 12.8 Å². The van der Waals surface area contributed by atoms with Crippen molar-refractivity contribution < 1.29 is 22.7 Å². The van der Waals surface area contributed by atoms with E-state index in [0.29, 0.717) is 37.3 Å². The van der Waals surface area contributed by atoms with Gasteiger partial charge in [0, 0.05) is 30.6 Å². The summed E-state index contributed by atoms with van der Waals surface area (Å²) in [7, 11) is -3.89. The molecule has 1 unspecified atom stereocenters. The maximum absolute atomic E-state index is 13.4. The van der Waals surface area contributed by atoms with Crippen LogP contribution in [-0.4, -0.2) is 42.9 Å². The zero-order valence-electron chi connectivity index (χ0n) is 17.7.